The average Bonchev–Trinajstić information content (AvgIpc) is 2.10. The minimum atomic E-state index is -3.00. The van der Waals surface area contributed by atoms with E-state index in [2.05, 4.69) is 4.74 Å². The lowest BCUT2D eigenvalue weighted by molar-refractivity contribution is -0.135. The van der Waals surface area contributed by atoms with Crippen molar-refractivity contribution in [2.45, 2.75) is 13.0 Å². The number of rotatable bonds is 2. The molecule has 1 rings (SSSR count). The van der Waals surface area contributed by atoms with Crippen LogP contribution in [0.1, 0.15) is 6.92 Å². The molecule has 0 aromatic heterocycles. The molecule has 0 unspecified atom stereocenters. The van der Waals surface area contributed by atoms with E-state index in [-0.39, 0.29) is 12.3 Å². The van der Waals surface area contributed by atoms with E-state index in [1.54, 1.807) is 0 Å². The van der Waals surface area contributed by atoms with Crippen molar-refractivity contribution >= 4 is 5.97 Å². The summed E-state index contributed by atoms with van der Waals surface area (Å²) in [6.45, 7) is 0.610. The maximum atomic E-state index is 12.2. The molecule has 0 saturated carbocycles. The highest BCUT2D eigenvalue weighted by Crippen LogP contribution is 2.12. The van der Waals surface area contributed by atoms with Gasteiger partial charge in [-0.2, -0.15) is 8.78 Å². The van der Waals surface area contributed by atoms with Gasteiger partial charge >= 0.3 is 12.0 Å². The van der Waals surface area contributed by atoms with Crippen LogP contribution in [0.5, 0.6) is 0 Å². The topological polar surface area (TPSA) is 38.3 Å². The lowest BCUT2D eigenvalue weighted by atomic mass is 10.4. The normalized spacial score (nSPS) is 17.7. The van der Waals surface area contributed by atoms with Crippen molar-refractivity contribution in [3.63, 3.8) is 0 Å². The zero-order chi connectivity index (χ0) is 8.48. The van der Waals surface area contributed by atoms with Gasteiger partial charge in [-0.3, -0.25) is 0 Å². The molecule has 5 heteroatoms. The van der Waals surface area contributed by atoms with Crippen LogP contribution in [0.3, 0.4) is 0 Å². The van der Waals surface area contributed by atoms with E-state index >= 15 is 0 Å². The quantitative estimate of drug-likeness (QED) is 0.479. The lowest BCUT2D eigenvalue weighted by Crippen LogP contribution is -2.32. The summed E-state index contributed by atoms with van der Waals surface area (Å²) in [6, 6.07) is -3.00. The Hall–Kier alpha value is -1.13. The average molecular weight is 163 g/mol. The largest absolute Gasteiger partial charge is 0.456 e. The fraction of sp³-hybridized carbons (Fsp3) is 0.500. The van der Waals surface area contributed by atoms with Crippen LogP contribution >= 0.6 is 0 Å². The summed E-state index contributed by atoms with van der Waals surface area (Å²) in [5.74, 6) is -0.586. The maximum absolute atomic E-state index is 12.2. The molecule has 1 heterocycles. The third-order valence-electron chi connectivity index (χ3n) is 1.04. The number of carbonyl (C=O) groups excluding carboxylic acids is 1. The highest BCUT2D eigenvalue weighted by Gasteiger charge is 2.24. The minimum absolute atomic E-state index is 0.0950. The van der Waals surface area contributed by atoms with Crippen LogP contribution in [0.25, 0.3) is 0 Å². The first kappa shape index (κ1) is 7.97. The number of hydrogen-bond donors (Lipinski definition) is 1. The van der Waals surface area contributed by atoms with Crippen molar-refractivity contribution in [2.24, 2.45) is 0 Å². The molecular weight excluding hydrogens is 156 g/mol. The fourth-order valence-electron chi connectivity index (χ4n) is 0.729. The van der Waals surface area contributed by atoms with Crippen LogP contribution in [-0.2, 0) is 9.53 Å². The van der Waals surface area contributed by atoms with E-state index in [0.29, 0.717) is 6.92 Å². The summed E-state index contributed by atoms with van der Waals surface area (Å²) in [7, 11) is 0. The molecule has 1 N–H and O–H groups in total. The third kappa shape index (κ3) is 2.53. The predicted molar refractivity (Wildman–Crippen MR) is 32.8 cm³/mol. The molecule has 0 bridgehead atoms. The van der Waals surface area contributed by atoms with Crippen molar-refractivity contribution in [3.8, 4) is 0 Å². The van der Waals surface area contributed by atoms with Gasteiger partial charge in [-0.1, -0.05) is 0 Å². The second-order valence-electron chi connectivity index (χ2n) is 2.29. The standard InChI is InChI=1S/C6H7F2NO2/c1-6(7,8)9-4-2-5(10)11-3-4/h2,9H,3H2,1H3. The summed E-state index contributed by atoms with van der Waals surface area (Å²) in [4.78, 5) is 10.4. The van der Waals surface area contributed by atoms with Crippen LogP contribution in [0.2, 0.25) is 0 Å². The van der Waals surface area contributed by atoms with Crippen molar-refractivity contribution in [2.75, 3.05) is 6.61 Å². The van der Waals surface area contributed by atoms with E-state index in [0.717, 1.165) is 6.08 Å². The summed E-state index contributed by atoms with van der Waals surface area (Å²) in [5.41, 5.74) is 0.113. The molecule has 62 valence electrons. The van der Waals surface area contributed by atoms with Gasteiger partial charge in [0.2, 0.25) is 0 Å². The van der Waals surface area contributed by atoms with Crippen molar-refractivity contribution < 1.29 is 18.3 Å². The van der Waals surface area contributed by atoms with Crippen LogP contribution in [0, 0.1) is 0 Å². The highest BCUT2D eigenvalue weighted by atomic mass is 19.3. The zero-order valence-corrected chi connectivity index (χ0v) is 5.86. The summed E-state index contributed by atoms with van der Waals surface area (Å²) < 4.78 is 28.7. The molecule has 0 fully saturated rings. The van der Waals surface area contributed by atoms with Gasteiger partial charge in [0.05, 0.1) is 5.70 Å². The van der Waals surface area contributed by atoms with E-state index in [4.69, 9.17) is 0 Å². The summed E-state index contributed by atoms with van der Waals surface area (Å²) in [6.07, 6.45) is 1.01. The van der Waals surface area contributed by atoms with Gasteiger partial charge in [0, 0.05) is 13.0 Å². The number of ether oxygens (including phenoxy) is 1. The molecule has 0 aliphatic carbocycles. The maximum Gasteiger partial charge on any atom is 0.333 e. The molecule has 0 aromatic carbocycles. The van der Waals surface area contributed by atoms with Gasteiger partial charge in [-0.05, 0) is 0 Å². The SMILES string of the molecule is CC(F)(F)NC1=CC(=O)OC1. The van der Waals surface area contributed by atoms with Crippen molar-refractivity contribution in [3.05, 3.63) is 11.8 Å². The van der Waals surface area contributed by atoms with Gasteiger partial charge in [-0.15, -0.1) is 0 Å². The molecule has 0 atom stereocenters. The van der Waals surface area contributed by atoms with Crippen molar-refractivity contribution in [1.82, 2.24) is 5.32 Å². The summed E-state index contributed by atoms with van der Waals surface area (Å²) in [5, 5.41) is 1.83. The number of halogens is 2. The Balaban J connectivity index is 2.51. The number of alkyl halides is 2. The molecule has 3 nitrogen and oxygen atoms in total. The van der Waals surface area contributed by atoms with Crippen LogP contribution in [0.4, 0.5) is 8.78 Å². The lowest BCUT2D eigenvalue weighted by Gasteiger charge is -2.12. The molecule has 11 heavy (non-hydrogen) atoms. The number of esters is 1. The molecule has 0 aromatic rings. The van der Waals surface area contributed by atoms with Gasteiger partial charge in [0.15, 0.2) is 0 Å². The minimum Gasteiger partial charge on any atom is -0.456 e. The first-order chi connectivity index (χ1) is 4.97. The Morgan fingerprint density at radius 2 is 2.36 bits per heavy atom. The smallest absolute Gasteiger partial charge is 0.333 e. The zero-order valence-electron chi connectivity index (χ0n) is 5.86. The van der Waals surface area contributed by atoms with E-state index in [1.165, 1.54) is 0 Å². The molecule has 0 saturated heterocycles. The molecule has 0 radical (unpaired) electrons. The van der Waals surface area contributed by atoms with Gasteiger partial charge < -0.3 is 10.1 Å². The number of hydrogen-bond acceptors (Lipinski definition) is 3. The Labute approximate surface area is 62.0 Å². The van der Waals surface area contributed by atoms with Gasteiger partial charge in [0.1, 0.15) is 6.61 Å². The number of cyclic esters (lactones) is 1. The summed E-state index contributed by atoms with van der Waals surface area (Å²) >= 11 is 0. The van der Waals surface area contributed by atoms with Crippen LogP contribution in [-0.4, -0.2) is 18.6 Å². The third-order valence-corrected chi connectivity index (χ3v) is 1.04. The highest BCUT2D eigenvalue weighted by molar-refractivity contribution is 5.85. The van der Waals surface area contributed by atoms with Gasteiger partial charge in [0.25, 0.3) is 0 Å². The van der Waals surface area contributed by atoms with Crippen LogP contribution in [0.15, 0.2) is 11.8 Å². The molecular formula is C6H7F2NO2. The Bertz CT molecular complexity index is 207. The molecule has 1 aliphatic rings. The van der Waals surface area contributed by atoms with E-state index in [1.807, 2.05) is 5.32 Å². The Morgan fingerprint density at radius 3 is 2.73 bits per heavy atom. The second-order valence-corrected chi connectivity index (χ2v) is 2.29. The number of carbonyl (C=O) groups is 1. The Morgan fingerprint density at radius 1 is 1.73 bits per heavy atom. The molecule has 1 aliphatic heterocycles. The van der Waals surface area contributed by atoms with Gasteiger partial charge in [-0.25, -0.2) is 4.79 Å². The van der Waals surface area contributed by atoms with Crippen molar-refractivity contribution in [1.29, 1.82) is 0 Å². The first-order valence-corrected chi connectivity index (χ1v) is 3.01. The fourth-order valence-corrected chi connectivity index (χ4v) is 0.729. The first-order valence-electron chi connectivity index (χ1n) is 3.01. The second kappa shape index (κ2) is 2.48. The molecule has 0 spiro atoms. The van der Waals surface area contributed by atoms with Crippen LogP contribution < -0.4 is 5.32 Å². The Kier molecular flexibility index (Phi) is 1.80. The number of nitrogens with one attached hydrogen (secondary N) is 1. The predicted octanol–water partition coefficient (Wildman–Crippen LogP) is 0.629. The van der Waals surface area contributed by atoms with E-state index in [9.17, 15) is 13.6 Å². The monoisotopic (exact) mass is 163 g/mol. The van der Waals surface area contributed by atoms with E-state index < -0.39 is 12.0 Å². The molecule has 0 amide bonds.